The second kappa shape index (κ2) is 8.82. The number of thioether (sulfide) groups is 1. The van der Waals surface area contributed by atoms with Gasteiger partial charge < -0.3 is 9.64 Å². The van der Waals surface area contributed by atoms with Crippen LogP contribution in [0.25, 0.3) is 0 Å². The number of aromatic amines is 1. The summed E-state index contributed by atoms with van der Waals surface area (Å²) < 4.78 is 5.40. The summed E-state index contributed by atoms with van der Waals surface area (Å²) in [6, 6.07) is 0. The average molecular weight is 353 g/mol. The van der Waals surface area contributed by atoms with Crippen LogP contribution in [0.1, 0.15) is 25.6 Å². The van der Waals surface area contributed by atoms with Crippen LogP contribution in [0.2, 0.25) is 0 Å². The van der Waals surface area contributed by atoms with E-state index >= 15 is 0 Å². The number of aryl methyl sites for hydroxylation is 1. The molecule has 0 unspecified atom stereocenters. The lowest BCUT2D eigenvalue weighted by Crippen LogP contribution is -2.44. The maximum atomic E-state index is 12.4. The number of morpholine rings is 1. The number of aromatic nitrogens is 3. The number of piperidine rings is 1. The standard InChI is InChI=1S/C16H27N5O2S/c1-2-14-17-16(19-18-14)24-12-15(22)21-5-3-13(4-6-21)11-20-7-9-23-10-8-20/h13H,2-12H2,1H3,(H,17,18,19). The van der Waals surface area contributed by atoms with Crippen molar-refractivity contribution in [2.75, 3.05) is 51.7 Å². The highest BCUT2D eigenvalue weighted by Crippen LogP contribution is 2.21. The number of ether oxygens (including phenoxy) is 1. The number of likely N-dealkylation sites (tertiary alicyclic amines) is 1. The molecule has 2 aliphatic rings. The van der Waals surface area contributed by atoms with Gasteiger partial charge in [0.05, 0.1) is 19.0 Å². The molecule has 2 saturated heterocycles. The van der Waals surface area contributed by atoms with Gasteiger partial charge in [-0.1, -0.05) is 18.7 Å². The predicted octanol–water partition coefficient (Wildman–Crippen LogP) is 1.03. The molecule has 0 bridgehead atoms. The summed E-state index contributed by atoms with van der Waals surface area (Å²) in [6.07, 6.45) is 3.04. The van der Waals surface area contributed by atoms with Gasteiger partial charge in [0, 0.05) is 39.1 Å². The van der Waals surface area contributed by atoms with Crippen molar-refractivity contribution in [1.29, 1.82) is 0 Å². The smallest absolute Gasteiger partial charge is 0.233 e. The van der Waals surface area contributed by atoms with Crippen molar-refractivity contribution in [1.82, 2.24) is 25.0 Å². The summed E-state index contributed by atoms with van der Waals surface area (Å²) >= 11 is 1.42. The number of hydrogen-bond donors (Lipinski definition) is 1. The highest BCUT2D eigenvalue weighted by Gasteiger charge is 2.25. The van der Waals surface area contributed by atoms with Gasteiger partial charge in [-0.25, -0.2) is 4.98 Å². The molecule has 1 aromatic rings. The molecule has 0 atom stereocenters. The number of nitrogens with one attached hydrogen (secondary N) is 1. The van der Waals surface area contributed by atoms with Crippen molar-refractivity contribution in [2.45, 2.75) is 31.3 Å². The Bertz CT molecular complexity index is 524. The molecule has 1 amide bonds. The Labute approximate surface area is 147 Å². The summed E-state index contributed by atoms with van der Waals surface area (Å²) in [6.45, 7) is 8.74. The Morgan fingerprint density at radius 3 is 2.71 bits per heavy atom. The normalized spacial score (nSPS) is 20.5. The van der Waals surface area contributed by atoms with Crippen molar-refractivity contribution >= 4 is 17.7 Å². The largest absolute Gasteiger partial charge is 0.379 e. The first-order chi connectivity index (χ1) is 11.7. The summed E-state index contributed by atoms with van der Waals surface area (Å²) in [5.74, 6) is 2.20. The monoisotopic (exact) mass is 353 g/mol. The molecule has 3 rings (SSSR count). The van der Waals surface area contributed by atoms with Crippen LogP contribution in [0.15, 0.2) is 5.16 Å². The topological polar surface area (TPSA) is 74.3 Å². The van der Waals surface area contributed by atoms with Crippen molar-refractivity contribution in [3.8, 4) is 0 Å². The molecule has 3 heterocycles. The summed E-state index contributed by atoms with van der Waals surface area (Å²) in [5.41, 5.74) is 0. The summed E-state index contributed by atoms with van der Waals surface area (Å²) in [5, 5.41) is 7.67. The molecular formula is C16H27N5O2S. The van der Waals surface area contributed by atoms with Crippen LogP contribution in [0.5, 0.6) is 0 Å². The molecular weight excluding hydrogens is 326 g/mol. The van der Waals surface area contributed by atoms with Crippen LogP contribution in [0, 0.1) is 5.92 Å². The molecule has 0 aromatic carbocycles. The minimum Gasteiger partial charge on any atom is -0.379 e. The van der Waals surface area contributed by atoms with E-state index in [0.29, 0.717) is 16.8 Å². The lowest BCUT2D eigenvalue weighted by Gasteiger charge is -2.36. The van der Waals surface area contributed by atoms with Gasteiger partial charge in [-0.05, 0) is 18.8 Å². The highest BCUT2D eigenvalue weighted by atomic mass is 32.2. The first-order valence-electron chi connectivity index (χ1n) is 8.86. The van der Waals surface area contributed by atoms with E-state index in [4.69, 9.17) is 4.74 Å². The van der Waals surface area contributed by atoms with Crippen molar-refractivity contribution < 1.29 is 9.53 Å². The van der Waals surface area contributed by atoms with Crippen molar-refractivity contribution in [2.24, 2.45) is 5.92 Å². The van der Waals surface area contributed by atoms with Gasteiger partial charge in [0.25, 0.3) is 0 Å². The lowest BCUT2D eigenvalue weighted by atomic mass is 9.96. The van der Waals surface area contributed by atoms with Crippen LogP contribution < -0.4 is 0 Å². The number of amides is 1. The molecule has 0 radical (unpaired) electrons. The van der Waals surface area contributed by atoms with Crippen LogP contribution in [0.3, 0.4) is 0 Å². The van der Waals surface area contributed by atoms with Crippen LogP contribution in [0.4, 0.5) is 0 Å². The number of rotatable bonds is 6. The maximum absolute atomic E-state index is 12.4. The average Bonchev–Trinajstić information content (AvgIpc) is 3.09. The Kier molecular flexibility index (Phi) is 6.51. The highest BCUT2D eigenvalue weighted by molar-refractivity contribution is 7.99. The quantitative estimate of drug-likeness (QED) is 0.770. The Hall–Kier alpha value is -1.12. The Morgan fingerprint density at radius 2 is 2.04 bits per heavy atom. The van der Waals surface area contributed by atoms with E-state index in [0.717, 1.165) is 71.0 Å². The summed E-state index contributed by atoms with van der Waals surface area (Å²) in [7, 11) is 0. The maximum Gasteiger partial charge on any atom is 0.233 e. The number of hydrogen-bond acceptors (Lipinski definition) is 6. The van der Waals surface area contributed by atoms with E-state index in [9.17, 15) is 4.79 Å². The molecule has 2 fully saturated rings. The van der Waals surface area contributed by atoms with Gasteiger partial charge >= 0.3 is 0 Å². The Balaban J connectivity index is 1.36. The van der Waals surface area contributed by atoms with E-state index in [-0.39, 0.29) is 5.91 Å². The fourth-order valence-corrected chi connectivity index (χ4v) is 3.95. The molecule has 134 valence electrons. The molecule has 1 aromatic heterocycles. The minimum absolute atomic E-state index is 0.202. The zero-order chi connectivity index (χ0) is 16.8. The molecule has 7 nitrogen and oxygen atoms in total. The van der Waals surface area contributed by atoms with Gasteiger partial charge in [-0.15, -0.1) is 5.10 Å². The third-order valence-corrected chi connectivity index (χ3v) is 5.59. The predicted molar refractivity (Wildman–Crippen MR) is 93.0 cm³/mol. The van der Waals surface area contributed by atoms with Gasteiger partial charge in [0.1, 0.15) is 5.82 Å². The summed E-state index contributed by atoms with van der Waals surface area (Å²) in [4.78, 5) is 21.2. The van der Waals surface area contributed by atoms with E-state index in [1.807, 2.05) is 11.8 Å². The molecule has 0 aliphatic carbocycles. The van der Waals surface area contributed by atoms with Crippen LogP contribution >= 0.6 is 11.8 Å². The van der Waals surface area contributed by atoms with Gasteiger partial charge in [0.2, 0.25) is 11.1 Å². The fourth-order valence-electron chi connectivity index (χ4n) is 3.23. The number of carbonyl (C=O) groups excluding carboxylic acids is 1. The van der Waals surface area contributed by atoms with E-state index in [2.05, 4.69) is 20.1 Å². The SMILES string of the molecule is CCc1nc(SCC(=O)N2CCC(CN3CCOCC3)CC2)n[nH]1. The Morgan fingerprint density at radius 1 is 1.29 bits per heavy atom. The number of carbonyl (C=O) groups is 1. The van der Waals surface area contributed by atoms with Crippen LogP contribution in [-0.4, -0.2) is 82.6 Å². The van der Waals surface area contributed by atoms with Crippen molar-refractivity contribution in [3.05, 3.63) is 5.82 Å². The third-order valence-electron chi connectivity index (χ3n) is 4.76. The van der Waals surface area contributed by atoms with Gasteiger partial charge in [0.15, 0.2) is 0 Å². The zero-order valence-corrected chi connectivity index (χ0v) is 15.2. The molecule has 1 N–H and O–H groups in total. The molecule has 0 saturated carbocycles. The third kappa shape index (κ3) is 4.94. The van der Waals surface area contributed by atoms with Gasteiger partial charge in [-0.2, -0.15) is 0 Å². The van der Waals surface area contributed by atoms with Crippen molar-refractivity contribution in [3.63, 3.8) is 0 Å². The molecule has 0 spiro atoms. The fraction of sp³-hybridized carbons (Fsp3) is 0.812. The lowest BCUT2D eigenvalue weighted by molar-refractivity contribution is -0.129. The number of nitrogens with zero attached hydrogens (tertiary/aromatic N) is 4. The van der Waals surface area contributed by atoms with E-state index < -0.39 is 0 Å². The first-order valence-corrected chi connectivity index (χ1v) is 9.85. The molecule has 8 heteroatoms. The second-order valence-corrected chi connectivity index (χ2v) is 7.39. The van der Waals surface area contributed by atoms with E-state index in [1.165, 1.54) is 11.8 Å². The first kappa shape index (κ1) is 17.7. The van der Waals surface area contributed by atoms with Gasteiger partial charge in [-0.3, -0.25) is 14.8 Å². The zero-order valence-electron chi connectivity index (χ0n) is 14.4. The molecule has 24 heavy (non-hydrogen) atoms. The minimum atomic E-state index is 0.202. The number of H-pyrrole nitrogens is 1. The second-order valence-electron chi connectivity index (χ2n) is 6.44. The van der Waals surface area contributed by atoms with Crippen LogP contribution in [-0.2, 0) is 16.0 Å². The molecule has 2 aliphatic heterocycles. The van der Waals surface area contributed by atoms with E-state index in [1.54, 1.807) is 0 Å².